The average Bonchev–Trinajstić information content (AvgIpc) is 2.98. The zero-order valence-corrected chi connectivity index (χ0v) is 16.9. The zero-order valence-electron chi connectivity index (χ0n) is 15.3. The van der Waals surface area contributed by atoms with E-state index in [1.807, 2.05) is 0 Å². The van der Waals surface area contributed by atoms with Crippen LogP contribution in [0.25, 0.3) is 10.2 Å². The highest BCUT2D eigenvalue weighted by Crippen LogP contribution is 2.41. The minimum atomic E-state index is 0.311. The fraction of sp³-hybridized carbons (Fsp3) is 0.429. The molecule has 1 atom stereocenters. The molecule has 0 aliphatic heterocycles. The number of nitrogens with one attached hydrogen (secondary N) is 1. The highest BCUT2D eigenvalue weighted by Gasteiger charge is 2.23. The SMILES string of the molecule is CCCCc1ccc(Nc2nc(Cl)nc3sc4c(c23)CCC(C)C4)cc1. The van der Waals surface area contributed by atoms with Gasteiger partial charge in [0, 0.05) is 10.6 Å². The maximum absolute atomic E-state index is 6.21. The van der Waals surface area contributed by atoms with Gasteiger partial charge in [0.1, 0.15) is 10.6 Å². The largest absolute Gasteiger partial charge is 0.340 e. The lowest BCUT2D eigenvalue weighted by atomic mass is 9.89. The van der Waals surface area contributed by atoms with Crippen LogP contribution in [0.15, 0.2) is 24.3 Å². The van der Waals surface area contributed by atoms with Gasteiger partial charge in [0.05, 0.1) is 5.39 Å². The summed E-state index contributed by atoms with van der Waals surface area (Å²) in [5.74, 6) is 1.58. The molecule has 1 aliphatic rings. The van der Waals surface area contributed by atoms with Crippen LogP contribution in [0.1, 0.15) is 49.1 Å². The van der Waals surface area contributed by atoms with E-state index < -0.39 is 0 Å². The fourth-order valence-electron chi connectivity index (χ4n) is 3.68. The second-order valence-electron chi connectivity index (χ2n) is 7.30. The topological polar surface area (TPSA) is 37.8 Å². The number of rotatable bonds is 5. The van der Waals surface area contributed by atoms with Crippen LogP contribution in [0, 0.1) is 5.92 Å². The summed E-state index contributed by atoms with van der Waals surface area (Å²) in [6, 6.07) is 8.66. The van der Waals surface area contributed by atoms with Crippen LogP contribution in [0.2, 0.25) is 5.28 Å². The Morgan fingerprint density at radius 1 is 1.23 bits per heavy atom. The van der Waals surface area contributed by atoms with Crippen LogP contribution in [-0.4, -0.2) is 9.97 Å². The summed E-state index contributed by atoms with van der Waals surface area (Å²) in [5.41, 5.74) is 3.84. The van der Waals surface area contributed by atoms with Crippen LogP contribution >= 0.6 is 22.9 Å². The third-order valence-electron chi connectivity index (χ3n) is 5.16. The summed E-state index contributed by atoms with van der Waals surface area (Å²) in [7, 11) is 0. The zero-order chi connectivity index (χ0) is 18.1. The van der Waals surface area contributed by atoms with E-state index in [0.717, 1.165) is 46.9 Å². The molecule has 5 heteroatoms. The molecular formula is C21H24ClN3S. The van der Waals surface area contributed by atoms with Gasteiger partial charge in [0.15, 0.2) is 0 Å². The molecule has 0 saturated heterocycles. The molecule has 136 valence electrons. The van der Waals surface area contributed by atoms with E-state index in [1.165, 1.54) is 35.3 Å². The number of hydrogen-bond donors (Lipinski definition) is 1. The Morgan fingerprint density at radius 3 is 2.81 bits per heavy atom. The van der Waals surface area contributed by atoms with Crippen molar-refractivity contribution in [3.05, 3.63) is 45.6 Å². The minimum absolute atomic E-state index is 0.311. The molecule has 1 unspecified atom stereocenters. The molecule has 0 bridgehead atoms. The van der Waals surface area contributed by atoms with E-state index in [4.69, 9.17) is 11.6 Å². The first-order chi connectivity index (χ1) is 12.6. The van der Waals surface area contributed by atoms with Crippen molar-refractivity contribution in [3.8, 4) is 0 Å². The molecule has 2 heterocycles. The second-order valence-corrected chi connectivity index (χ2v) is 8.72. The van der Waals surface area contributed by atoms with Crippen molar-refractivity contribution >= 4 is 44.7 Å². The summed E-state index contributed by atoms with van der Waals surface area (Å²) >= 11 is 7.99. The van der Waals surface area contributed by atoms with Crippen molar-refractivity contribution < 1.29 is 0 Å². The van der Waals surface area contributed by atoms with Gasteiger partial charge in [-0.15, -0.1) is 11.3 Å². The molecule has 1 aliphatic carbocycles. The van der Waals surface area contributed by atoms with Crippen molar-refractivity contribution in [2.24, 2.45) is 5.92 Å². The van der Waals surface area contributed by atoms with E-state index in [9.17, 15) is 0 Å². The number of aromatic nitrogens is 2. The number of hydrogen-bond acceptors (Lipinski definition) is 4. The van der Waals surface area contributed by atoms with Gasteiger partial charge in [-0.05, 0) is 72.9 Å². The van der Waals surface area contributed by atoms with Crippen molar-refractivity contribution in [1.82, 2.24) is 9.97 Å². The number of unbranched alkanes of at least 4 members (excludes halogenated alkanes) is 1. The molecule has 0 saturated carbocycles. The number of benzene rings is 1. The van der Waals surface area contributed by atoms with Crippen molar-refractivity contribution in [3.63, 3.8) is 0 Å². The lowest BCUT2D eigenvalue weighted by Crippen LogP contribution is -2.09. The minimum Gasteiger partial charge on any atom is -0.340 e. The number of nitrogens with zero attached hydrogens (tertiary/aromatic N) is 2. The molecule has 1 aromatic carbocycles. The van der Waals surface area contributed by atoms with Crippen LogP contribution in [0.5, 0.6) is 0 Å². The van der Waals surface area contributed by atoms with Crippen molar-refractivity contribution in [1.29, 1.82) is 0 Å². The van der Waals surface area contributed by atoms with Gasteiger partial charge in [-0.25, -0.2) is 4.98 Å². The van der Waals surface area contributed by atoms with E-state index in [-0.39, 0.29) is 0 Å². The van der Waals surface area contributed by atoms with Crippen molar-refractivity contribution in [2.75, 3.05) is 5.32 Å². The van der Waals surface area contributed by atoms with E-state index in [1.54, 1.807) is 11.3 Å². The molecule has 0 fully saturated rings. The molecule has 0 amide bonds. The van der Waals surface area contributed by atoms with Gasteiger partial charge in [-0.2, -0.15) is 4.98 Å². The Morgan fingerprint density at radius 2 is 2.04 bits per heavy atom. The van der Waals surface area contributed by atoms with Crippen LogP contribution < -0.4 is 5.32 Å². The molecule has 3 aromatic rings. The molecular weight excluding hydrogens is 362 g/mol. The summed E-state index contributed by atoms with van der Waals surface area (Å²) < 4.78 is 0. The predicted octanol–water partition coefficient (Wildman–Crippen LogP) is 6.56. The van der Waals surface area contributed by atoms with Gasteiger partial charge in [-0.3, -0.25) is 0 Å². The smallest absolute Gasteiger partial charge is 0.225 e. The standard InChI is InChI=1S/C21H24ClN3S/c1-3-4-5-14-7-9-15(10-8-14)23-19-18-16-11-6-13(2)12-17(16)26-20(18)25-21(22)24-19/h7-10,13H,3-6,11-12H2,1-2H3,(H,23,24,25). The molecule has 3 nitrogen and oxygen atoms in total. The predicted molar refractivity (Wildman–Crippen MR) is 112 cm³/mol. The third-order valence-corrected chi connectivity index (χ3v) is 6.48. The van der Waals surface area contributed by atoms with Crippen molar-refractivity contribution in [2.45, 2.75) is 52.4 Å². The molecule has 1 N–H and O–H groups in total. The number of halogens is 1. The number of fused-ring (bicyclic) bond motifs is 3. The first-order valence-electron chi connectivity index (χ1n) is 9.47. The molecule has 2 aromatic heterocycles. The summed E-state index contributed by atoms with van der Waals surface area (Å²) in [5, 5.41) is 4.96. The first-order valence-corrected chi connectivity index (χ1v) is 10.7. The number of aryl methyl sites for hydroxylation is 2. The highest BCUT2D eigenvalue weighted by atomic mass is 35.5. The van der Waals surface area contributed by atoms with Crippen LogP contribution in [-0.2, 0) is 19.3 Å². The van der Waals surface area contributed by atoms with E-state index in [2.05, 4.69) is 53.4 Å². The maximum atomic E-state index is 6.21. The van der Waals surface area contributed by atoms with Gasteiger partial charge in [0.2, 0.25) is 5.28 Å². The summed E-state index contributed by atoms with van der Waals surface area (Å²) in [4.78, 5) is 11.5. The Labute approximate surface area is 163 Å². The Bertz CT molecular complexity index is 917. The maximum Gasteiger partial charge on any atom is 0.225 e. The molecule has 0 radical (unpaired) electrons. The monoisotopic (exact) mass is 385 g/mol. The lowest BCUT2D eigenvalue weighted by Gasteiger charge is -2.18. The first kappa shape index (κ1) is 17.7. The quantitative estimate of drug-likeness (QED) is 0.505. The normalized spacial score (nSPS) is 16.7. The van der Waals surface area contributed by atoms with Crippen LogP contribution in [0.3, 0.4) is 0 Å². The molecule has 4 rings (SSSR count). The Hall–Kier alpha value is -1.65. The number of anilines is 2. The third kappa shape index (κ3) is 3.58. The van der Waals surface area contributed by atoms with Gasteiger partial charge < -0.3 is 5.32 Å². The van der Waals surface area contributed by atoms with Gasteiger partial charge in [0.25, 0.3) is 0 Å². The molecule has 26 heavy (non-hydrogen) atoms. The lowest BCUT2D eigenvalue weighted by molar-refractivity contribution is 0.509. The summed E-state index contributed by atoms with van der Waals surface area (Å²) in [6.07, 6.45) is 7.06. The number of thiophene rings is 1. The summed E-state index contributed by atoms with van der Waals surface area (Å²) in [6.45, 7) is 4.55. The van der Waals surface area contributed by atoms with E-state index >= 15 is 0 Å². The van der Waals surface area contributed by atoms with Crippen LogP contribution in [0.4, 0.5) is 11.5 Å². The highest BCUT2D eigenvalue weighted by molar-refractivity contribution is 7.19. The fourth-order valence-corrected chi connectivity index (χ4v) is 5.28. The Kier molecular flexibility index (Phi) is 5.14. The van der Waals surface area contributed by atoms with E-state index in [0.29, 0.717) is 5.28 Å². The molecule has 0 spiro atoms. The average molecular weight is 386 g/mol. The second kappa shape index (κ2) is 7.53. The van der Waals surface area contributed by atoms with Gasteiger partial charge in [-0.1, -0.05) is 32.4 Å². The van der Waals surface area contributed by atoms with Gasteiger partial charge >= 0.3 is 0 Å². The Balaban J connectivity index is 1.67.